The average molecular weight is 564 g/mol. The van der Waals surface area contributed by atoms with E-state index in [9.17, 15) is 18.0 Å². The maximum absolute atomic E-state index is 12.6. The number of guanidine groups is 1. The Kier molecular flexibility index (Phi) is 10.9. The Balaban J connectivity index is 0.00000450. The SMILES string of the molecule is CN=C(NCCOc1ncc(C(F)(F)F)cc1Cl)N1CCC(CC(=O)NC)CC1.I. The van der Waals surface area contributed by atoms with E-state index >= 15 is 0 Å². The van der Waals surface area contributed by atoms with Gasteiger partial charge in [-0.05, 0) is 24.8 Å². The van der Waals surface area contributed by atoms with Crippen LogP contribution in [-0.2, 0) is 11.0 Å². The van der Waals surface area contributed by atoms with Gasteiger partial charge in [0.1, 0.15) is 11.6 Å². The molecule has 170 valence electrons. The molecule has 1 aromatic heterocycles. The number of halogens is 5. The number of hydrogen-bond donors (Lipinski definition) is 2. The van der Waals surface area contributed by atoms with Crippen LogP contribution in [0.2, 0.25) is 5.02 Å². The van der Waals surface area contributed by atoms with E-state index in [1.165, 1.54) is 0 Å². The Morgan fingerprint density at radius 3 is 2.60 bits per heavy atom. The van der Waals surface area contributed by atoms with Crippen molar-refractivity contribution >= 4 is 47.4 Å². The van der Waals surface area contributed by atoms with Crippen molar-refractivity contribution in [2.75, 3.05) is 40.3 Å². The maximum Gasteiger partial charge on any atom is 0.417 e. The molecule has 0 radical (unpaired) electrons. The number of likely N-dealkylation sites (tertiary alicyclic amines) is 1. The highest BCUT2D eigenvalue weighted by Gasteiger charge is 2.31. The van der Waals surface area contributed by atoms with Gasteiger partial charge in [0.25, 0.3) is 0 Å². The van der Waals surface area contributed by atoms with E-state index in [2.05, 4.69) is 25.5 Å². The second-order valence-electron chi connectivity index (χ2n) is 6.64. The number of amides is 1. The Hall–Kier alpha value is -1.50. The first-order valence-electron chi connectivity index (χ1n) is 9.26. The Morgan fingerprint density at radius 1 is 1.40 bits per heavy atom. The van der Waals surface area contributed by atoms with E-state index in [1.54, 1.807) is 14.1 Å². The monoisotopic (exact) mass is 563 g/mol. The third-order valence-electron chi connectivity index (χ3n) is 4.64. The van der Waals surface area contributed by atoms with Crippen LogP contribution in [0.25, 0.3) is 0 Å². The summed E-state index contributed by atoms with van der Waals surface area (Å²) in [6.45, 7) is 2.11. The summed E-state index contributed by atoms with van der Waals surface area (Å²) in [5.74, 6) is 1.07. The number of ether oxygens (including phenoxy) is 1. The zero-order valence-corrected chi connectivity index (χ0v) is 19.8. The molecule has 1 aromatic rings. The van der Waals surface area contributed by atoms with Crippen LogP contribution in [0.5, 0.6) is 5.88 Å². The number of rotatable bonds is 6. The number of nitrogens with one attached hydrogen (secondary N) is 2. The van der Waals surface area contributed by atoms with Crippen molar-refractivity contribution in [2.45, 2.75) is 25.4 Å². The fraction of sp³-hybridized carbons (Fsp3) is 0.611. The molecule has 0 saturated carbocycles. The van der Waals surface area contributed by atoms with Crippen LogP contribution in [0.1, 0.15) is 24.8 Å². The summed E-state index contributed by atoms with van der Waals surface area (Å²) in [5.41, 5.74) is -0.923. The lowest BCUT2D eigenvalue weighted by Crippen LogP contribution is -2.46. The maximum atomic E-state index is 12.6. The fourth-order valence-electron chi connectivity index (χ4n) is 3.04. The highest BCUT2D eigenvalue weighted by atomic mass is 127. The highest BCUT2D eigenvalue weighted by Crippen LogP contribution is 2.33. The Labute approximate surface area is 195 Å². The molecule has 30 heavy (non-hydrogen) atoms. The number of pyridine rings is 1. The molecule has 7 nitrogen and oxygen atoms in total. The molecule has 0 bridgehead atoms. The molecule has 2 N–H and O–H groups in total. The quantitative estimate of drug-likeness (QED) is 0.241. The van der Waals surface area contributed by atoms with E-state index in [-0.39, 0.29) is 47.4 Å². The zero-order valence-electron chi connectivity index (χ0n) is 16.8. The highest BCUT2D eigenvalue weighted by molar-refractivity contribution is 14.0. The molecule has 0 unspecified atom stereocenters. The van der Waals surface area contributed by atoms with E-state index in [0.717, 1.165) is 32.0 Å². The Morgan fingerprint density at radius 2 is 2.07 bits per heavy atom. The van der Waals surface area contributed by atoms with Crippen LogP contribution in [-0.4, -0.2) is 62.1 Å². The lowest BCUT2D eigenvalue weighted by molar-refractivity contribution is -0.137. The summed E-state index contributed by atoms with van der Waals surface area (Å²) in [4.78, 5) is 21.5. The molecule has 0 aliphatic carbocycles. The summed E-state index contributed by atoms with van der Waals surface area (Å²) in [6.07, 6.45) is -1.48. The summed E-state index contributed by atoms with van der Waals surface area (Å²) in [5, 5.41) is 5.61. The minimum absolute atomic E-state index is 0. The van der Waals surface area contributed by atoms with Crippen molar-refractivity contribution in [3.8, 4) is 5.88 Å². The van der Waals surface area contributed by atoms with E-state index in [1.807, 2.05) is 0 Å². The van der Waals surface area contributed by atoms with Gasteiger partial charge < -0.3 is 20.3 Å². The number of piperidine rings is 1. The molecule has 1 aliphatic heterocycles. The van der Waals surface area contributed by atoms with Gasteiger partial charge in [0, 0.05) is 39.8 Å². The zero-order chi connectivity index (χ0) is 21.4. The molecule has 2 rings (SSSR count). The van der Waals surface area contributed by atoms with Gasteiger partial charge in [0.05, 0.1) is 12.1 Å². The van der Waals surface area contributed by atoms with Crippen molar-refractivity contribution in [2.24, 2.45) is 10.9 Å². The molecule has 1 amide bonds. The smallest absolute Gasteiger partial charge is 0.417 e. The second kappa shape index (κ2) is 12.4. The summed E-state index contributed by atoms with van der Waals surface area (Å²) in [6, 6.07) is 0.791. The Bertz CT molecular complexity index is 728. The lowest BCUT2D eigenvalue weighted by atomic mass is 9.93. The predicted molar refractivity (Wildman–Crippen MR) is 120 cm³/mol. The van der Waals surface area contributed by atoms with Crippen LogP contribution in [0.3, 0.4) is 0 Å². The largest absolute Gasteiger partial charge is 0.475 e. The van der Waals surface area contributed by atoms with Gasteiger partial charge in [0.15, 0.2) is 5.96 Å². The van der Waals surface area contributed by atoms with Crippen molar-refractivity contribution in [3.05, 3.63) is 22.8 Å². The molecule has 0 aromatic carbocycles. The summed E-state index contributed by atoms with van der Waals surface area (Å²) >= 11 is 5.82. The first-order chi connectivity index (χ1) is 13.7. The number of aliphatic imine (C=N–C) groups is 1. The molecular weight excluding hydrogens is 538 g/mol. The standard InChI is InChI=1S/C18H25ClF3N5O2.HI/c1-23-15(28)9-12-3-6-27(7-4-12)17(24-2)25-5-8-29-16-14(19)10-13(11-26-16)18(20,21)22;/h10-12H,3-9H2,1-2H3,(H,23,28)(H,24,25);1H. The van der Waals surface area contributed by atoms with Crippen LogP contribution in [0.4, 0.5) is 13.2 Å². The van der Waals surface area contributed by atoms with Gasteiger partial charge >= 0.3 is 6.18 Å². The number of aromatic nitrogens is 1. The van der Waals surface area contributed by atoms with Crippen LogP contribution < -0.4 is 15.4 Å². The topological polar surface area (TPSA) is 78.9 Å². The first kappa shape index (κ1) is 26.5. The number of carbonyl (C=O) groups excluding carboxylic acids is 1. The number of alkyl halides is 3. The van der Waals surface area contributed by atoms with Gasteiger partial charge in [-0.15, -0.1) is 24.0 Å². The minimum Gasteiger partial charge on any atom is -0.475 e. The molecule has 1 aliphatic rings. The number of carbonyl (C=O) groups is 1. The molecule has 0 spiro atoms. The molecule has 1 fully saturated rings. The molecule has 12 heteroatoms. The summed E-state index contributed by atoms with van der Waals surface area (Å²) in [7, 11) is 3.31. The van der Waals surface area contributed by atoms with Crippen molar-refractivity contribution in [3.63, 3.8) is 0 Å². The van der Waals surface area contributed by atoms with E-state index < -0.39 is 11.7 Å². The van der Waals surface area contributed by atoms with Crippen molar-refractivity contribution < 1.29 is 22.7 Å². The number of hydrogen-bond acceptors (Lipinski definition) is 4. The van der Waals surface area contributed by atoms with Crippen LogP contribution in [0, 0.1) is 5.92 Å². The van der Waals surface area contributed by atoms with E-state index in [0.29, 0.717) is 31.0 Å². The molecule has 1 saturated heterocycles. The van der Waals surface area contributed by atoms with Crippen LogP contribution >= 0.6 is 35.6 Å². The minimum atomic E-state index is -4.50. The predicted octanol–water partition coefficient (Wildman–Crippen LogP) is 3.17. The van der Waals surface area contributed by atoms with Gasteiger partial charge in [-0.25, -0.2) is 4.98 Å². The van der Waals surface area contributed by atoms with Crippen LogP contribution in [0.15, 0.2) is 17.3 Å². The molecular formula is C18H26ClF3IN5O2. The van der Waals surface area contributed by atoms with Gasteiger partial charge in [0.2, 0.25) is 11.8 Å². The average Bonchev–Trinajstić information content (AvgIpc) is 2.69. The fourth-order valence-corrected chi connectivity index (χ4v) is 3.26. The molecule has 2 heterocycles. The lowest BCUT2D eigenvalue weighted by Gasteiger charge is -2.34. The molecule has 0 atom stereocenters. The van der Waals surface area contributed by atoms with Gasteiger partial charge in [-0.2, -0.15) is 13.2 Å². The second-order valence-corrected chi connectivity index (χ2v) is 7.05. The number of nitrogens with zero attached hydrogens (tertiary/aromatic N) is 3. The summed E-state index contributed by atoms with van der Waals surface area (Å²) < 4.78 is 43.3. The van der Waals surface area contributed by atoms with Crippen molar-refractivity contribution in [1.82, 2.24) is 20.5 Å². The first-order valence-corrected chi connectivity index (χ1v) is 9.64. The van der Waals surface area contributed by atoms with Gasteiger partial charge in [-0.1, -0.05) is 11.6 Å². The van der Waals surface area contributed by atoms with E-state index in [4.69, 9.17) is 16.3 Å². The third kappa shape index (κ3) is 7.97. The van der Waals surface area contributed by atoms with Crippen molar-refractivity contribution in [1.29, 1.82) is 0 Å². The third-order valence-corrected chi connectivity index (χ3v) is 4.91. The van der Waals surface area contributed by atoms with Gasteiger partial charge in [-0.3, -0.25) is 9.79 Å². The normalized spacial score (nSPS) is 15.4.